The Morgan fingerprint density at radius 2 is 1.67 bits per heavy atom. The fourth-order valence-electron chi connectivity index (χ4n) is 3.96. The molecule has 0 spiro atoms. The Hall–Kier alpha value is -3.87. The number of carbonyl (C=O) groups excluding carboxylic acids is 1. The molecule has 2 amide bonds. The van der Waals surface area contributed by atoms with E-state index in [9.17, 15) is 19.5 Å². The van der Waals surface area contributed by atoms with E-state index in [1.807, 2.05) is 54.6 Å². The van der Waals surface area contributed by atoms with Gasteiger partial charge in [0.2, 0.25) is 0 Å². The van der Waals surface area contributed by atoms with Crippen LogP contribution in [0, 0.1) is 0 Å². The Kier molecular flexibility index (Phi) is 4.87. The van der Waals surface area contributed by atoms with E-state index in [-0.39, 0.29) is 5.56 Å². The first-order chi connectivity index (χ1) is 14.4. The van der Waals surface area contributed by atoms with Crippen molar-refractivity contribution in [3.63, 3.8) is 0 Å². The number of H-pyrrole nitrogens is 1. The van der Waals surface area contributed by atoms with Crippen molar-refractivity contribution >= 4 is 12.0 Å². The zero-order valence-electron chi connectivity index (χ0n) is 16.1. The maximum absolute atomic E-state index is 12.4. The minimum atomic E-state index is -1.04. The Bertz CT molecular complexity index is 1160. The summed E-state index contributed by atoms with van der Waals surface area (Å²) in [5.41, 5.74) is 7.86. The number of hydrogen-bond donors (Lipinski definition) is 4. The number of aromatic amines is 1. The standard InChI is InChI=1S/C23H21N3O4/c24-20(27)18-13-17(14-5-2-1-3-6-14)19(25-21(18)28)15-7-9-16(10-8-15)23(11-4-12-23)26-22(29)30/h1-3,5-10,13,26H,4,11-12H2,(H2,24,27)(H,25,28)(H,29,30). The maximum atomic E-state index is 12.4. The molecule has 0 unspecified atom stereocenters. The van der Waals surface area contributed by atoms with Gasteiger partial charge in [-0.1, -0.05) is 54.6 Å². The summed E-state index contributed by atoms with van der Waals surface area (Å²) in [5, 5.41) is 11.8. The largest absolute Gasteiger partial charge is 0.465 e. The monoisotopic (exact) mass is 403 g/mol. The summed E-state index contributed by atoms with van der Waals surface area (Å²) in [6.45, 7) is 0. The number of hydrogen-bond acceptors (Lipinski definition) is 3. The molecule has 1 aliphatic rings. The van der Waals surface area contributed by atoms with Gasteiger partial charge < -0.3 is 21.1 Å². The Labute approximate surface area is 172 Å². The number of nitrogens with two attached hydrogens (primary N) is 1. The lowest BCUT2D eigenvalue weighted by Crippen LogP contribution is -2.50. The fourth-order valence-corrected chi connectivity index (χ4v) is 3.96. The van der Waals surface area contributed by atoms with Crippen LogP contribution >= 0.6 is 0 Å². The van der Waals surface area contributed by atoms with Gasteiger partial charge in [0.15, 0.2) is 0 Å². The van der Waals surface area contributed by atoms with Gasteiger partial charge in [-0.3, -0.25) is 9.59 Å². The van der Waals surface area contributed by atoms with Gasteiger partial charge in [0.05, 0.1) is 11.2 Å². The smallest absolute Gasteiger partial charge is 0.405 e. The highest BCUT2D eigenvalue weighted by Crippen LogP contribution is 2.42. The van der Waals surface area contributed by atoms with E-state index in [2.05, 4.69) is 10.3 Å². The number of benzene rings is 2. The summed E-state index contributed by atoms with van der Waals surface area (Å²) >= 11 is 0. The molecule has 1 saturated carbocycles. The fraction of sp³-hybridized carbons (Fsp3) is 0.174. The highest BCUT2D eigenvalue weighted by molar-refractivity contribution is 5.95. The third-order valence-corrected chi connectivity index (χ3v) is 5.67. The lowest BCUT2D eigenvalue weighted by atomic mass is 9.71. The van der Waals surface area contributed by atoms with Crippen molar-refractivity contribution < 1.29 is 14.7 Å². The second-order valence-corrected chi connectivity index (χ2v) is 7.47. The van der Waals surface area contributed by atoms with Crippen LogP contribution in [0.5, 0.6) is 0 Å². The molecule has 2 aromatic carbocycles. The maximum Gasteiger partial charge on any atom is 0.405 e. The summed E-state index contributed by atoms with van der Waals surface area (Å²) in [6, 6.07) is 18.3. The molecular formula is C23H21N3O4. The van der Waals surface area contributed by atoms with E-state index >= 15 is 0 Å². The SMILES string of the molecule is NC(=O)c1cc(-c2ccccc2)c(-c2ccc(C3(NC(=O)O)CCC3)cc2)[nH]c1=O. The van der Waals surface area contributed by atoms with Gasteiger partial charge in [0, 0.05) is 5.56 Å². The van der Waals surface area contributed by atoms with Gasteiger partial charge in [-0.05, 0) is 42.0 Å². The molecule has 1 heterocycles. The van der Waals surface area contributed by atoms with E-state index in [1.54, 1.807) is 0 Å². The topological polar surface area (TPSA) is 125 Å². The average molecular weight is 403 g/mol. The van der Waals surface area contributed by atoms with Gasteiger partial charge >= 0.3 is 6.09 Å². The van der Waals surface area contributed by atoms with Crippen molar-refractivity contribution in [3.05, 3.63) is 82.1 Å². The molecule has 0 bridgehead atoms. The zero-order chi connectivity index (χ0) is 21.3. The molecule has 1 aliphatic carbocycles. The normalized spacial score (nSPS) is 14.5. The molecule has 7 nitrogen and oxygen atoms in total. The number of nitrogens with one attached hydrogen (secondary N) is 2. The lowest BCUT2D eigenvalue weighted by Gasteiger charge is -2.42. The number of pyridine rings is 1. The van der Waals surface area contributed by atoms with Crippen LogP contribution in [0.25, 0.3) is 22.4 Å². The first kappa shape index (κ1) is 19.4. The quantitative estimate of drug-likeness (QED) is 0.520. The van der Waals surface area contributed by atoms with Crippen molar-refractivity contribution in [2.45, 2.75) is 24.8 Å². The van der Waals surface area contributed by atoms with E-state index in [0.717, 1.165) is 36.0 Å². The molecule has 1 aromatic heterocycles. The molecule has 0 aliphatic heterocycles. The van der Waals surface area contributed by atoms with Crippen LogP contribution < -0.4 is 16.6 Å². The van der Waals surface area contributed by atoms with E-state index in [4.69, 9.17) is 5.73 Å². The lowest BCUT2D eigenvalue weighted by molar-refractivity contribution is 0.0998. The van der Waals surface area contributed by atoms with Crippen molar-refractivity contribution in [1.29, 1.82) is 0 Å². The molecule has 7 heteroatoms. The highest BCUT2D eigenvalue weighted by Gasteiger charge is 2.40. The van der Waals surface area contributed by atoms with Gasteiger partial charge in [-0.15, -0.1) is 0 Å². The average Bonchev–Trinajstić information content (AvgIpc) is 2.71. The summed E-state index contributed by atoms with van der Waals surface area (Å²) < 4.78 is 0. The highest BCUT2D eigenvalue weighted by atomic mass is 16.4. The van der Waals surface area contributed by atoms with Crippen molar-refractivity contribution in [1.82, 2.24) is 10.3 Å². The van der Waals surface area contributed by atoms with E-state index in [0.29, 0.717) is 11.3 Å². The second-order valence-electron chi connectivity index (χ2n) is 7.47. The third-order valence-electron chi connectivity index (χ3n) is 5.67. The van der Waals surface area contributed by atoms with Crippen LogP contribution in [-0.4, -0.2) is 22.1 Å². The first-order valence-electron chi connectivity index (χ1n) is 9.64. The van der Waals surface area contributed by atoms with E-state index < -0.39 is 23.1 Å². The van der Waals surface area contributed by atoms with Gasteiger partial charge in [-0.25, -0.2) is 4.79 Å². The molecule has 1 fully saturated rings. The first-order valence-corrected chi connectivity index (χ1v) is 9.64. The van der Waals surface area contributed by atoms with Crippen LogP contribution in [0.15, 0.2) is 65.5 Å². The summed E-state index contributed by atoms with van der Waals surface area (Å²) in [6.07, 6.45) is 1.41. The van der Waals surface area contributed by atoms with Crippen molar-refractivity contribution in [3.8, 4) is 22.4 Å². The molecule has 4 rings (SSSR count). The second kappa shape index (κ2) is 7.51. The Morgan fingerprint density at radius 3 is 2.20 bits per heavy atom. The molecule has 0 atom stereocenters. The molecule has 152 valence electrons. The van der Waals surface area contributed by atoms with Crippen LogP contribution in [0.2, 0.25) is 0 Å². The Balaban J connectivity index is 1.80. The minimum Gasteiger partial charge on any atom is -0.465 e. The predicted molar refractivity (Wildman–Crippen MR) is 113 cm³/mol. The Morgan fingerprint density at radius 1 is 1.00 bits per heavy atom. The third kappa shape index (κ3) is 3.45. The van der Waals surface area contributed by atoms with Crippen LogP contribution in [0.1, 0.15) is 35.2 Å². The molecule has 5 N–H and O–H groups in total. The van der Waals surface area contributed by atoms with Crippen LogP contribution in [-0.2, 0) is 5.54 Å². The number of amides is 2. The van der Waals surface area contributed by atoms with Crippen LogP contribution in [0.4, 0.5) is 4.79 Å². The molecule has 0 radical (unpaired) electrons. The minimum absolute atomic E-state index is 0.103. The van der Waals surface area contributed by atoms with Crippen molar-refractivity contribution in [2.75, 3.05) is 0 Å². The van der Waals surface area contributed by atoms with Gasteiger partial charge in [0.25, 0.3) is 11.5 Å². The van der Waals surface area contributed by atoms with Gasteiger partial charge in [-0.2, -0.15) is 0 Å². The molecular weight excluding hydrogens is 382 g/mol. The molecule has 30 heavy (non-hydrogen) atoms. The molecule has 3 aromatic rings. The van der Waals surface area contributed by atoms with Gasteiger partial charge in [0.1, 0.15) is 5.56 Å². The van der Waals surface area contributed by atoms with Crippen molar-refractivity contribution in [2.24, 2.45) is 5.73 Å². The summed E-state index contributed by atoms with van der Waals surface area (Å²) in [7, 11) is 0. The predicted octanol–water partition coefficient (Wildman–Crippen LogP) is 3.45. The number of carboxylic acid groups (broad SMARTS) is 1. The molecule has 0 saturated heterocycles. The number of carbonyl (C=O) groups is 2. The number of primary amides is 1. The van der Waals surface area contributed by atoms with E-state index in [1.165, 1.54) is 6.07 Å². The number of aromatic nitrogens is 1. The number of rotatable bonds is 5. The zero-order valence-corrected chi connectivity index (χ0v) is 16.1. The van der Waals surface area contributed by atoms with Crippen LogP contribution in [0.3, 0.4) is 0 Å². The summed E-state index contributed by atoms with van der Waals surface area (Å²) in [5.74, 6) is -0.790. The summed E-state index contributed by atoms with van der Waals surface area (Å²) in [4.78, 5) is 38.1.